The van der Waals surface area contributed by atoms with Gasteiger partial charge in [0.25, 0.3) is 0 Å². The second-order valence-electron chi connectivity index (χ2n) is 4.47. The Labute approximate surface area is 130 Å². The van der Waals surface area contributed by atoms with Crippen molar-refractivity contribution in [1.29, 1.82) is 0 Å². The molecule has 0 aliphatic rings. The maximum atomic E-state index is 12.3. The summed E-state index contributed by atoms with van der Waals surface area (Å²) in [4.78, 5) is 27.3. The van der Waals surface area contributed by atoms with Crippen molar-refractivity contribution in [3.05, 3.63) is 70.9 Å². The van der Waals surface area contributed by atoms with E-state index in [1.165, 1.54) is 0 Å². The van der Waals surface area contributed by atoms with Crippen LogP contribution in [0.1, 0.15) is 25.6 Å². The van der Waals surface area contributed by atoms with Gasteiger partial charge in [0.2, 0.25) is 0 Å². The number of rotatable bonds is 4. The Bertz CT molecular complexity index is 826. The highest BCUT2D eigenvalue weighted by Crippen LogP contribution is 2.19. The van der Waals surface area contributed by atoms with E-state index in [0.29, 0.717) is 17.4 Å². The fourth-order valence-corrected chi connectivity index (χ4v) is 2.65. The highest BCUT2D eigenvalue weighted by atomic mass is 32.1. The molecule has 0 atom stereocenters. The topological polar surface area (TPSA) is 74.0 Å². The minimum absolute atomic E-state index is 0.0915. The maximum Gasteiger partial charge on any atom is 0.348 e. The van der Waals surface area contributed by atoms with Gasteiger partial charge in [-0.3, -0.25) is 9.59 Å². The molecule has 3 rings (SSSR count). The van der Waals surface area contributed by atoms with Gasteiger partial charge in [-0.15, -0.1) is 0 Å². The van der Waals surface area contributed by atoms with Crippen molar-refractivity contribution >= 4 is 23.4 Å². The number of thiazole rings is 1. The molecule has 0 saturated carbocycles. The Morgan fingerprint density at radius 2 is 1.73 bits per heavy atom. The molecule has 3 aromatic rings. The Morgan fingerprint density at radius 3 is 2.36 bits per heavy atom. The molecule has 0 fully saturated rings. The number of ketones is 1. The summed E-state index contributed by atoms with van der Waals surface area (Å²) in [6.45, 7) is 0. The van der Waals surface area contributed by atoms with Gasteiger partial charge in [0.05, 0.1) is 12.4 Å². The van der Waals surface area contributed by atoms with E-state index >= 15 is 0 Å². The van der Waals surface area contributed by atoms with Crippen LogP contribution >= 0.6 is 11.3 Å². The zero-order chi connectivity index (χ0) is 15.5. The van der Waals surface area contributed by atoms with Gasteiger partial charge in [-0.1, -0.05) is 41.7 Å². The molecule has 0 aliphatic carbocycles. The normalized spacial score (nSPS) is 10.4. The highest BCUT2D eigenvalue weighted by Gasteiger charge is 2.18. The summed E-state index contributed by atoms with van der Waals surface area (Å²) >= 11 is 0.794. The lowest BCUT2D eigenvalue weighted by molar-refractivity contribution is -0.599. The zero-order valence-electron chi connectivity index (χ0n) is 11.3. The van der Waals surface area contributed by atoms with Crippen molar-refractivity contribution in [2.75, 3.05) is 0 Å². The van der Waals surface area contributed by atoms with Crippen molar-refractivity contribution in [2.24, 2.45) is 0 Å². The largest absolute Gasteiger partial charge is 0.831 e. The predicted octanol–water partition coefficient (Wildman–Crippen LogP) is 1.54. The minimum Gasteiger partial charge on any atom is -0.831 e. The maximum absolute atomic E-state index is 12.3. The number of pyridine rings is 1. The molecule has 0 amide bonds. The van der Waals surface area contributed by atoms with E-state index in [1.807, 2.05) is 6.07 Å². The van der Waals surface area contributed by atoms with Crippen LogP contribution in [0.2, 0.25) is 0 Å². The molecular weight excluding hydrogens is 300 g/mol. The molecule has 0 saturated heterocycles. The lowest BCUT2D eigenvalue weighted by Gasteiger charge is -2.01. The fourth-order valence-electron chi connectivity index (χ4n) is 2.04. The third-order valence-corrected chi connectivity index (χ3v) is 3.86. The standard InChI is InChI=1S/C16H10N2O3S/c19-10-13-15(17-16(21)22-13)18-8-6-12(7-9-18)14(20)11-4-2-1-3-5-11/h1-10H. The van der Waals surface area contributed by atoms with Crippen molar-refractivity contribution in [1.82, 2.24) is 4.98 Å². The highest BCUT2D eigenvalue weighted by molar-refractivity contribution is 7.15. The molecule has 22 heavy (non-hydrogen) atoms. The average Bonchev–Trinajstić information content (AvgIpc) is 2.96. The molecule has 1 aromatic carbocycles. The summed E-state index contributed by atoms with van der Waals surface area (Å²) in [5.74, 6) is 0.190. The van der Waals surface area contributed by atoms with E-state index < -0.39 is 5.19 Å². The number of aromatic nitrogens is 2. The van der Waals surface area contributed by atoms with Crippen LogP contribution in [-0.4, -0.2) is 17.1 Å². The van der Waals surface area contributed by atoms with Gasteiger partial charge in [-0.2, -0.15) is 0 Å². The molecule has 2 aromatic heterocycles. The van der Waals surface area contributed by atoms with E-state index in [0.717, 1.165) is 11.3 Å². The van der Waals surface area contributed by atoms with Crippen molar-refractivity contribution in [3.63, 3.8) is 0 Å². The second kappa shape index (κ2) is 5.87. The molecule has 0 spiro atoms. The first-order chi connectivity index (χ1) is 10.7. The van der Waals surface area contributed by atoms with Gasteiger partial charge in [-0.25, -0.2) is 4.57 Å². The lowest BCUT2D eigenvalue weighted by atomic mass is 10.0. The average molecular weight is 310 g/mol. The summed E-state index contributed by atoms with van der Waals surface area (Å²) in [6.07, 6.45) is 3.82. The summed E-state index contributed by atoms with van der Waals surface area (Å²) < 4.78 is 1.55. The van der Waals surface area contributed by atoms with Crippen molar-refractivity contribution < 1.29 is 19.3 Å². The molecule has 0 radical (unpaired) electrons. The number of nitrogens with zero attached hydrogens (tertiary/aromatic N) is 2. The Balaban J connectivity index is 1.93. The van der Waals surface area contributed by atoms with Crippen molar-refractivity contribution in [3.8, 4) is 11.0 Å². The van der Waals surface area contributed by atoms with Crippen LogP contribution in [0, 0.1) is 0 Å². The van der Waals surface area contributed by atoms with Crippen molar-refractivity contribution in [2.45, 2.75) is 0 Å². The van der Waals surface area contributed by atoms with Crippen LogP contribution in [0.4, 0.5) is 0 Å². The molecule has 0 aliphatic heterocycles. The molecule has 5 nitrogen and oxygen atoms in total. The summed E-state index contributed by atoms with van der Waals surface area (Å²) in [6, 6.07) is 12.2. The number of hydrogen-bond donors (Lipinski definition) is 0. The van der Waals surface area contributed by atoms with Crippen LogP contribution in [0.15, 0.2) is 54.9 Å². The van der Waals surface area contributed by atoms with Gasteiger partial charge in [0.15, 0.2) is 22.1 Å². The molecule has 0 N–H and O–H groups in total. The van der Waals surface area contributed by atoms with Crippen LogP contribution in [0.5, 0.6) is 5.19 Å². The minimum atomic E-state index is -0.422. The lowest BCUT2D eigenvalue weighted by Crippen LogP contribution is -2.31. The number of aldehydes is 1. The number of carbonyl (C=O) groups is 2. The molecular formula is C16H10N2O3S. The van der Waals surface area contributed by atoms with E-state index in [4.69, 9.17) is 0 Å². The van der Waals surface area contributed by atoms with E-state index in [1.54, 1.807) is 53.4 Å². The molecule has 0 bridgehead atoms. The first-order valence-electron chi connectivity index (χ1n) is 6.43. The SMILES string of the molecule is O=Cc1sc([O-])nc1-[n+]1ccc(C(=O)c2ccccc2)cc1. The van der Waals surface area contributed by atoms with Gasteiger partial charge in [-0.05, 0) is 17.1 Å². The molecule has 0 unspecified atom stereocenters. The van der Waals surface area contributed by atoms with Crippen LogP contribution in [0.25, 0.3) is 5.82 Å². The molecule has 108 valence electrons. The Morgan fingerprint density at radius 1 is 1.09 bits per heavy atom. The number of benzene rings is 1. The van der Waals surface area contributed by atoms with Crippen LogP contribution < -0.4 is 9.67 Å². The predicted molar refractivity (Wildman–Crippen MR) is 78.4 cm³/mol. The smallest absolute Gasteiger partial charge is 0.348 e. The van der Waals surface area contributed by atoms with Gasteiger partial charge < -0.3 is 5.11 Å². The number of carbonyl (C=O) groups excluding carboxylic acids is 2. The monoisotopic (exact) mass is 310 g/mol. The zero-order valence-corrected chi connectivity index (χ0v) is 12.1. The first-order valence-corrected chi connectivity index (χ1v) is 7.25. The Kier molecular flexibility index (Phi) is 3.76. The first kappa shape index (κ1) is 14.1. The number of hydrogen-bond acceptors (Lipinski definition) is 5. The third kappa shape index (κ3) is 2.64. The van der Waals surface area contributed by atoms with E-state index in [2.05, 4.69) is 4.98 Å². The third-order valence-electron chi connectivity index (χ3n) is 3.09. The Hall–Kier alpha value is -2.86. The molecule has 6 heteroatoms. The van der Waals surface area contributed by atoms with E-state index in [9.17, 15) is 14.7 Å². The van der Waals surface area contributed by atoms with E-state index in [-0.39, 0.29) is 16.5 Å². The quantitative estimate of drug-likeness (QED) is 0.416. The summed E-state index contributed by atoms with van der Waals surface area (Å²) in [5.41, 5.74) is 1.12. The fraction of sp³-hybridized carbons (Fsp3) is 0. The summed E-state index contributed by atoms with van der Waals surface area (Å²) in [7, 11) is 0. The van der Waals surface area contributed by atoms with Crippen LogP contribution in [-0.2, 0) is 0 Å². The molecule has 2 heterocycles. The van der Waals surface area contributed by atoms with Gasteiger partial charge in [0.1, 0.15) is 0 Å². The van der Waals surface area contributed by atoms with Crippen LogP contribution in [0.3, 0.4) is 0 Å². The summed E-state index contributed by atoms with van der Waals surface area (Å²) in [5, 5.41) is 10.9. The van der Waals surface area contributed by atoms with Gasteiger partial charge in [0, 0.05) is 11.1 Å². The second-order valence-corrected chi connectivity index (χ2v) is 5.47. The van der Waals surface area contributed by atoms with Gasteiger partial charge >= 0.3 is 5.82 Å².